The van der Waals surface area contributed by atoms with Crippen LogP contribution >= 0.6 is 11.3 Å². The van der Waals surface area contributed by atoms with Crippen molar-refractivity contribution in [1.29, 1.82) is 0 Å². The molecule has 2 amide bonds. The lowest BCUT2D eigenvalue weighted by atomic mass is 10.1. The first-order valence-corrected chi connectivity index (χ1v) is 13.8. The Morgan fingerprint density at radius 1 is 0.972 bits per heavy atom. The molecule has 1 aromatic heterocycles. The van der Waals surface area contributed by atoms with Gasteiger partial charge in [-0.2, -0.15) is 4.31 Å². The maximum Gasteiger partial charge on any atom is 0.266 e. The number of nitrogens with zero attached hydrogens (tertiary/aromatic N) is 3. The van der Waals surface area contributed by atoms with Crippen LogP contribution in [-0.2, 0) is 21.4 Å². The van der Waals surface area contributed by atoms with E-state index >= 15 is 0 Å². The Kier molecular flexibility index (Phi) is 6.82. The minimum Gasteiger partial charge on any atom is -0.350 e. The van der Waals surface area contributed by atoms with Crippen molar-refractivity contribution in [3.05, 3.63) is 94.9 Å². The number of thiazole rings is 1. The van der Waals surface area contributed by atoms with Gasteiger partial charge in [-0.1, -0.05) is 54.6 Å². The molecule has 8 nitrogen and oxygen atoms in total. The van der Waals surface area contributed by atoms with Gasteiger partial charge in [0.05, 0.1) is 16.6 Å². The zero-order valence-corrected chi connectivity index (χ0v) is 20.9. The van der Waals surface area contributed by atoms with Crippen LogP contribution < -0.4 is 5.32 Å². The van der Waals surface area contributed by atoms with Gasteiger partial charge in [-0.15, -0.1) is 11.3 Å². The number of aromatic nitrogens is 1. The largest absolute Gasteiger partial charge is 0.350 e. The summed E-state index contributed by atoms with van der Waals surface area (Å²) < 4.78 is 27.8. The van der Waals surface area contributed by atoms with Crippen molar-refractivity contribution in [2.24, 2.45) is 0 Å². The van der Waals surface area contributed by atoms with E-state index in [1.165, 1.54) is 38.9 Å². The van der Waals surface area contributed by atoms with Gasteiger partial charge in [-0.05, 0) is 34.5 Å². The van der Waals surface area contributed by atoms with Crippen LogP contribution in [0.3, 0.4) is 0 Å². The summed E-state index contributed by atoms with van der Waals surface area (Å²) in [6, 6.07) is 21.0. The third kappa shape index (κ3) is 4.88. The molecule has 1 N–H and O–H groups in total. The molecule has 3 aromatic carbocycles. The number of sulfonamides is 1. The van der Waals surface area contributed by atoms with Crippen molar-refractivity contribution in [2.75, 3.05) is 19.6 Å². The number of hydrogen-bond acceptors (Lipinski definition) is 6. The number of carbonyl (C=O) groups is 2. The molecule has 36 heavy (non-hydrogen) atoms. The predicted octanol–water partition coefficient (Wildman–Crippen LogP) is 3.13. The summed E-state index contributed by atoms with van der Waals surface area (Å²) in [5, 5.41) is 5.07. The molecule has 2 heterocycles. The second kappa shape index (κ2) is 10.2. The average molecular weight is 521 g/mol. The molecule has 1 fully saturated rings. The van der Waals surface area contributed by atoms with E-state index in [0.29, 0.717) is 4.88 Å². The van der Waals surface area contributed by atoms with E-state index in [2.05, 4.69) is 10.3 Å². The van der Waals surface area contributed by atoms with Crippen LogP contribution in [0.2, 0.25) is 0 Å². The third-order valence-electron chi connectivity index (χ3n) is 6.21. The maximum atomic E-state index is 13.4. The summed E-state index contributed by atoms with van der Waals surface area (Å²) in [5.41, 5.74) is 2.46. The number of amides is 2. The number of hydrogen-bond donors (Lipinski definition) is 1. The molecule has 0 aliphatic carbocycles. The normalized spacial score (nSPS) is 16.7. The zero-order valence-electron chi connectivity index (χ0n) is 19.3. The topological polar surface area (TPSA) is 99.7 Å². The van der Waals surface area contributed by atoms with Crippen LogP contribution in [-0.4, -0.2) is 60.1 Å². The first kappa shape index (κ1) is 24.1. The molecule has 4 aromatic rings. The molecule has 0 saturated carbocycles. The minimum absolute atomic E-state index is 0.0935. The molecular formula is C26H24N4O4S2. The van der Waals surface area contributed by atoms with Gasteiger partial charge in [-0.25, -0.2) is 8.42 Å². The van der Waals surface area contributed by atoms with Gasteiger partial charge in [0.25, 0.3) is 5.91 Å². The standard InChI is InChI=1S/C26H24N4O4S2/c31-25(28-15-19-10-11-20-6-4-5-7-21(20)14-19)23-17-29(36(33,34)22-8-2-1-3-9-22)12-13-30(23)26(32)24-16-27-18-35-24/h1-11,14,16,18,23H,12-13,15,17H2,(H,28,31). The quantitative estimate of drug-likeness (QED) is 0.421. The van der Waals surface area contributed by atoms with Gasteiger partial charge >= 0.3 is 0 Å². The second-order valence-electron chi connectivity index (χ2n) is 8.46. The molecule has 1 unspecified atom stereocenters. The lowest BCUT2D eigenvalue weighted by Gasteiger charge is -2.39. The number of rotatable bonds is 6. The molecule has 1 aliphatic heterocycles. The minimum atomic E-state index is -3.82. The highest BCUT2D eigenvalue weighted by molar-refractivity contribution is 7.89. The van der Waals surface area contributed by atoms with Crippen LogP contribution in [0.1, 0.15) is 15.2 Å². The van der Waals surface area contributed by atoms with E-state index in [4.69, 9.17) is 0 Å². The first-order chi connectivity index (χ1) is 17.4. The van der Waals surface area contributed by atoms with Crippen molar-refractivity contribution < 1.29 is 18.0 Å². The SMILES string of the molecule is O=C(NCc1ccc2ccccc2c1)C1CN(S(=O)(=O)c2ccccc2)CCN1C(=O)c1cncs1. The lowest BCUT2D eigenvalue weighted by Crippen LogP contribution is -2.61. The predicted molar refractivity (Wildman–Crippen MR) is 138 cm³/mol. The van der Waals surface area contributed by atoms with Crippen molar-refractivity contribution in [2.45, 2.75) is 17.5 Å². The van der Waals surface area contributed by atoms with Gasteiger partial charge in [0.1, 0.15) is 10.9 Å². The highest BCUT2D eigenvalue weighted by Crippen LogP contribution is 2.23. The van der Waals surface area contributed by atoms with Gasteiger partial charge < -0.3 is 10.2 Å². The first-order valence-electron chi connectivity index (χ1n) is 11.4. The molecule has 0 radical (unpaired) electrons. The van der Waals surface area contributed by atoms with Crippen LogP contribution in [0, 0.1) is 0 Å². The van der Waals surface area contributed by atoms with Gasteiger partial charge in [0, 0.05) is 26.2 Å². The molecule has 184 valence electrons. The number of nitrogens with one attached hydrogen (secondary N) is 1. The fourth-order valence-electron chi connectivity index (χ4n) is 4.30. The fraction of sp³-hybridized carbons (Fsp3) is 0.192. The summed E-state index contributed by atoms with van der Waals surface area (Å²) in [4.78, 5) is 32.5. The number of carbonyl (C=O) groups excluding carboxylic acids is 2. The summed E-state index contributed by atoms with van der Waals surface area (Å²) >= 11 is 1.19. The molecule has 0 spiro atoms. The van der Waals surface area contributed by atoms with E-state index < -0.39 is 22.0 Å². The maximum absolute atomic E-state index is 13.4. The van der Waals surface area contributed by atoms with Crippen LogP contribution in [0.25, 0.3) is 10.8 Å². The second-order valence-corrected chi connectivity index (χ2v) is 11.3. The summed E-state index contributed by atoms with van der Waals surface area (Å²) in [7, 11) is -3.82. The average Bonchev–Trinajstić information content (AvgIpc) is 3.46. The Balaban J connectivity index is 1.38. The highest BCUT2D eigenvalue weighted by atomic mass is 32.2. The molecule has 5 rings (SSSR count). The highest BCUT2D eigenvalue weighted by Gasteiger charge is 2.40. The molecule has 0 bridgehead atoms. The summed E-state index contributed by atoms with van der Waals surface area (Å²) in [6.45, 7) is 0.312. The molecule has 10 heteroatoms. The number of benzene rings is 3. The zero-order chi connectivity index (χ0) is 25.1. The smallest absolute Gasteiger partial charge is 0.266 e. The van der Waals surface area contributed by atoms with Crippen LogP contribution in [0.4, 0.5) is 0 Å². The van der Waals surface area contributed by atoms with Crippen molar-refractivity contribution in [1.82, 2.24) is 19.5 Å². The Hall–Kier alpha value is -3.60. The molecule has 1 atom stereocenters. The fourth-order valence-corrected chi connectivity index (χ4v) is 6.34. The summed E-state index contributed by atoms with van der Waals surface area (Å²) in [5.74, 6) is -0.742. The molecule has 1 saturated heterocycles. The Morgan fingerprint density at radius 2 is 1.72 bits per heavy atom. The summed E-state index contributed by atoms with van der Waals surface area (Å²) in [6.07, 6.45) is 1.46. The third-order valence-corrected chi connectivity index (χ3v) is 8.85. The molecular weight excluding hydrogens is 496 g/mol. The molecule has 1 aliphatic rings. The monoisotopic (exact) mass is 520 g/mol. The Bertz CT molecular complexity index is 1490. The number of piperazine rings is 1. The van der Waals surface area contributed by atoms with Gasteiger partial charge in [0.2, 0.25) is 15.9 Å². The van der Waals surface area contributed by atoms with Gasteiger partial charge in [0.15, 0.2) is 0 Å². The van der Waals surface area contributed by atoms with E-state index in [1.54, 1.807) is 23.7 Å². The van der Waals surface area contributed by atoms with E-state index in [1.807, 2.05) is 42.5 Å². The van der Waals surface area contributed by atoms with Gasteiger partial charge in [-0.3, -0.25) is 14.6 Å². The Labute approximate surface area is 213 Å². The Morgan fingerprint density at radius 3 is 2.47 bits per heavy atom. The van der Waals surface area contributed by atoms with Crippen molar-refractivity contribution in [3.8, 4) is 0 Å². The van der Waals surface area contributed by atoms with Crippen molar-refractivity contribution >= 4 is 43.9 Å². The van der Waals surface area contributed by atoms with Crippen LogP contribution in [0.5, 0.6) is 0 Å². The van der Waals surface area contributed by atoms with Crippen molar-refractivity contribution in [3.63, 3.8) is 0 Å². The lowest BCUT2D eigenvalue weighted by molar-refractivity contribution is -0.127. The van der Waals surface area contributed by atoms with E-state index in [9.17, 15) is 18.0 Å². The van der Waals surface area contributed by atoms with E-state index in [-0.39, 0.29) is 37.0 Å². The van der Waals surface area contributed by atoms with Crippen LogP contribution in [0.15, 0.2) is 89.4 Å². The van der Waals surface area contributed by atoms with E-state index in [0.717, 1.165) is 16.3 Å². The number of fused-ring (bicyclic) bond motifs is 1.